The Morgan fingerprint density at radius 3 is 2.92 bits per heavy atom. The van der Waals surface area contributed by atoms with Gasteiger partial charge in [-0.25, -0.2) is 0 Å². The minimum absolute atomic E-state index is 0.0200. The molecule has 1 heterocycles. The molecule has 0 spiro atoms. The van der Waals surface area contributed by atoms with Crippen LogP contribution < -0.4 is 5.73 Å². The van der Waals surface area contributed by atoms with Gasteiger partial charge in [0.05, 0.1) is 0 Å². The zero-order chi connectivity index (χ0) is 8.97. The molecule has 0 aliphatic heterocycles. The summed E-state index contributed by atoms with van der Waals surface area (Å²) in [5.74, 6) is -0.691. The van der Waals surface area contributed by atoms with Gasteiger partial charge in [0.25, 0.3) is 5.91 Å². The highest BCUT2D eigenvalue weighted by Crippen LogP contribution is 2.10. The summed E-state index contributed by atoms with van der Waals surface area (Å²) in [5, 5.41) is 12.2. The molecule has 0 fully saturated rings. The van der Waals surface area contributed by atoms with Gasteiger partial charge in [0.15, 0.2) is 0 Å². The quantitative estimate of drug-likeness (QED) is 0.545. The number of carbonyl (C=O) groups excluding carboxylic acids is 1. The fourth-order valence-electron chi connectivity index (χ4n) is 0.682. The maximum atomic E-state index is 10.6. The molecule has 2 N–H and O–H groups in total. The third kappa shape index (κ3) is 1.94. The first kappa shape index (κ1) is 8.50. The van der Waals surface area contributed by atoms with Crippen molar-refractivity contribution >= 4 is 23.3 Å². The van der Waals surface area contributed by atoms with E-state index in [9.17, 15) is 4.79 Å². The molecule has 4 heteroatoms. The lowest BCUT2D eigenvalue weighted by atomic mass is 10.2. The number of nitrogens with two attached hydrogens (primary N) is 1. The lowest BCUT2D eigenvalue weighted by Gasteiger charge is -1.88. The van der Waals surface area contributed by atoms with Crippen LogP contribution in [0.15, 0.2) is 22.4 Å². The van der Waals surface area contributed by atoms with Gasteiger partial charge in [-0.05, 0) is 28.5 Å². The fraction of sp³-hybridized carbons (Fsp3) is 0. The van der Waals surface area contributed by atoms with Gasteiger partial charge in [0.2, 0.25) is 0 Å². The highest BCUT2D eigenvalue weighted by molar-refractivity contribution is 7.08. The third-order valence-electron chi connectivity index (χ3n) is 1.24. The summed E-state index contributed by atoms with van der Waals surface area (Å²) >= 11 is 1.50. The van der Waals surface area contributed by atoms with Crippen molar-refractivity contribution in [1.29, 1.82) is 5.26 Å². The van der Waals surface area contributed by atoms with E-state index in [0.29, 0.717) is 0 Å². The van der Waals surface area contributed by atoms with E-state index in [1.54, 1.807) is 6.07 Å². The number of thiophene rings is 1. The zero-order valence-corrected chi connectivity index (χ0v) is 6.97. The predicted octanol–water partition coefficient (Wildman–Crippen LogP) is 1.14. The van der Waals surface area contributed by atoms with E-state index in [0.717, 1.165) is 5.56 Å². The highest BCUT2D eigenvalue weighted by atomic mass is 32.1. The topological polar surface area (TPSA) is 66.9 Å². The average Bonchev–Trinajstić information content (AvgIpc) is 2.51. The van der Waals surface area contributed by atoms with Gasteiger partial charge in [-0.15, -0.1) is 0 Å². The Morgan fingerprint density at radius 1 is 1.75 bits per heavy atom. The van der Waals surface area contributed by atoms with Crippen LogP contribution in [0.3, 0.4) is 0 Å². The molecule has 1 amide bonds. The molecule has 0 aliphatic rings. The third-order valence-corrected chi connectivity index (χ3v) is 1.94. The van der Waals surface area contributed by atoms with E-state index in [4.69, 9.17) is 11.0 Å². The molecule has 0 saturated carbocycles. The van der Waals surface area contributed by atoms with Crippen LogP contribution in [-0.4, -0.2) is 5.91 Å². The lowest BCUT2D eigenvalue weighted by Crippen LogP contribution is -2.12. The smallest absolute Gasteiger partial charge is 0.259 e. The van der Waals surface area contributed by atoms with E-state index in [1.807, 2.05) is 16.8 Å². The van der Waals surface area contributed by atoms with Gasteiger partial charge < -0.3 is 5.73 Å². The van der Waals surface area contributed by atoms with Crippen LogP contribution in [0, 0.1) is 11.3 Å². The SMILES string of the molecule is N#CC(=Cc1ccsc1)C(N)=O. The molecule has 0 radical (unpaired) electrons. The molecule has 0 unspecified atom stereocenters. The summed E-state index contributed by atoms with van der Waals surface area (Å²) in [6, 6.07) is 3.54. The van der Waals surface area contributed by atoms with Crippen LogP contribution in [0.4, 0.5) is 0 Å². The Bertz CT molecular complexity index is 346. The number of carbonyl (C=O) groups is 1. The van der Waals surface area contributed by atoms with Gasteiger partial charge in [0, 0.05) is 0 Å². The van der Waals surface area contributed by atoms with Crippen molar-refractivity contribution in [3.05, 3.63) is 28.0 Å². The number of rotatable bonds is 2. The monoisotopic (exact) mass is 178 g/mol. The van der Waals surface area contributed by atoms with Crippen LogP contribution in [0.25, 0.3) is 6.08 Å². The summed E-state index contributed by atoms with van der Waals surface area (Å²) in [6.45, 7) is 0. The summed E-state index contributed by atoms with van der Waals surface area (Å²) in [5.41, 5.74) is 5.75. The summed E-state index contributed by atoms with van der Waals surface area (Å²) in [4.78, 5) is 10.6. The number of nitrogens with zero attached hydrogens (tertiary/aromatic N) is 1. The Kier molecular flexibility index (Phi) is 2.62. The van der Waals surface area contributed by atoms with E-state index in [2.05, 4.69) is 0 Å². The molecule has 1 aromatic rings. The number of hydrogen-bond acceptors (Lipinski definition) is 3. The first-order chi connectivity index (χ1) is 5.74. The van der Waals surface area contributed by atoms with Crippen LogP contribution in [0.2, 0.25) is 0 Å². The van der Waals surface area contributed by atoms with Crippen LogP contribution >= 0.6 is 11.3 Å². The number of amides is 1. The molecule has 1 rings (SSSR count). The van der Waals surface area contributed by atoms with Gasteiger partial charge in [-0.2, -0.15) is 16.6 Å². The summed E-state index contributed by atoms with van der Waals surface area (Å²) in [6.07, 6.45) is 1.47. The second-order valence-electron chi connectivity index (χ2n) is 2.09. The van der Waals surface area contributed by atoms with Gasteiger partial charge in [0.1, 0.15) is 11.6 Å². The van der Waals surface area contributed by atoms with Gasteiger partial charge >= 0.3 is 0 Å². The number of primary amides is 1. The molecule has 0 bridgehead atoms. The normalized spacial score (nSPS) is 10.8. The minimum atomic E-state index is -0.691. The van der Waals surface area contributed by atoms with E-state index in [1.165, 1.54) is 17.4 Å². The average molecular weight is 178 g/mol. The van der Waals surface area contributed by atoms with Crippen LogP contribution in [0.5, 0.6) is 0 Å². The summed E-state index contributed by atoms with van der Waals surface area (Å²) < 4.78 is 0. The number of nitriles is 1. The maximum Gasteiger partial charge on any atom is 0.259 e. The molecule has 0 atom stereocenters. The van der Waals surface area contributed by atoms with Crippen molar-refractivity contribution in [2.45, 2.75) is 0 Å². The molecule has 60 valence electrons. The van der Waals surface area contributed by atoms with E-state index >= 15 is 0 Å². The Balaban J connectivity index is 2.95. The first-order valence-corrected chi connectivity index (χ1v) is 4.12. The zero-order valence-electron chi connectivity index (χ0n) is 6.15. The lowest BCUT2D eigenvalue weighted by molar-refractivity contribution is -0.114. The van der Waals surface area contributed by atoms with Crippen molar-refractivity contribution in [3.8, 4) is 6.07 Å². The highest BCUT2D eigenvalue weighted by Gasteiger charge is 2.02. The van der Waals surface area contributed by atoms with Gasteiger partial charge in [-0.1, -0.05) is 0 Å². The Morgan fingerprint density at radius 2 is 2.50 bits per heavy atom. The largest absolute Gasteiger partial charge is 0.365 e. The van der Waals surface area contributed by atoms with Crippen molar-refractivity contribution in [2.24, 2.45) is 5.73 Å². The van der Waals surface area contributed by atoms with Crippen LogP contribution in [0.1, 0.15) is 5.56 Å². The van der Waals surface area contributed by atoms with E-state index in [-0.39, 0.29) is 5.57 Å². The molecule has 0 aliphatic carbocycles. The van der Waals surface area contributed by atoms with E-state index < -0.39 is 5.91 Å². The van der Waals surface area contributed by atoms with Crippen molar-refractivity contribution in [2.75, 3.05) is 0 Å². The molecule has 1 aromatic heterocycles. The molecular formula is C8H6N2OS. The Hall–Kier alpha value is -1.60. The molecule has 12 heavy (non-hydrogen) atoms. The second-order valence-corrected chi connectivity index (χ2v) is 2.87. The maximum absolute atomic E-state index is 10.6. The standard InChI is InChI=1S/C8H6N2OS/c9-4-7(8(10)11)3-6-1-2-12-5-6/h1-3,5H,(H2,10,11). The Labute approximate surface area is 73.7 Å². The minimum Gasteiger partial charge on any atom is -0.365 e. The fourth-order valence-corrected chi connectivity index (χ4v) is 1.30. The number of hydrogen-bond donors (Lipinski definition) is 1. The summed E-state index contributed by atoms with van der Waals surface area (Å²) in [7, 11) is 0. The molecule has 0 saturated heterocycles. The van der Waals surface area contributed by atoms with Gasteiger partial charge in [-0.3, -0.25) is 4.79 Å². The second kappa shape index (κ2) is 3.69. The molecule has 3 nitrogen and oxygen atoms in total. The molecular weight excluding hydrogens is 172 g/mol. The predicted molar refractivity (Wildman–Crippen MR) is 47.1 cm³/mol. The molecule has 0 aromatic carbocycles. The van der Waals surface area contributed by atoms with Crippen molar-refractivity contribution in [3.63, 3.8) is 0 Å². The van der Waals surface area contributed by atoms with Crippen LogP contribution in [-0.2, 0) is 4.79 Å². The first-order valence-electron chi connectivity index (χ1n) is 3.18. The van der Waals surface area contributed by atoms with Crippen molar-refractivity contribution in [1.82, 2.24) is 0 Å². The van der Waals surface area contributed by atoms with Crippen molar-refractivity contribution < 1.29 is 4.79 Å².